The largest absolute Gasteiger partial charge is 0.450 e. The fourth-order valence-electron chi connectivity index (χ4n) is 4.78. The van der Waals surface area contributed by atoms with E-state index in [0.29, 0.717) is 42.0 Å². The van der Waals surface area contributed by atoms with Gasteiger partial charge in [0.25, 0.3) is 0 Å². The SMILES string of the molecule is CC(NC(=O)Nc1cc(F)c(Oc2ccnc3c2c(-c2ccc(C#N)c(F)c2)cn3COCC[Si](C)(C)C)c(F)c1)C1COC1. The van der Waals surface area contributed by atoms with Crippen LogP contribution in [0.25, 0.3) is 22.2 Å². The number of nitriles is 1. The number of hydrogen-bond donors (Lipinski definition) is 2. The summed E-state index contributed by atoms with van der Waals surface area (Å²) in [6.45, 7) is 10.3. The van der Waals surface area contributed by atoms with Gasteiger partial charge in [-0.1, -0.05) is 25.7 Å². The summed E-state index contributed by atoms with van der Waals surface area (Å²) in [6, 6.07) is 9.49. The van der Waals surface area contributed by atoms with Crippen molar-refractivity contribution < 1.29 is 32.2 Å². The van der Waals surface area contributed by atoms with Crippen LogP contribution in [-0.2, 0) is 16.2 Å². The Balaban J connectivity index is 1.45. The Morgan fingerprint density at radius 3 is 2.51 bits per heavy atom. The molecule has 1 aliphatic heterocycles. The van der Waals surface area contributed by atoms with Crippen LogP contribution in [0.1, 0.15) is 12.5 Å². The standard InChI is InChI=1S/C32H34F3N5O4Si/c1-19(22-16-43-17-22)38-32(41)39-23-12-26(34)30(27(35)13-23)44-28-7-8-37-31-29(28)24(20-5-6-21(14-36)25(33)11-20)15-40(31)18-42-9-10-45(2,3)4/h5-8,11-13,15,19,22H,9-10,16-18H2,1-4H3,(H2,38,39,41). The van der Waals surface area contributed by atoms with E-state index in [4.69, 9.17) is 14.2 Å². The molecule has 1 saturated heterocycles. The molecule has 0 saturated carbocycles. The molecule has 2 aromatic heterocycles. The maximum atomic E-state index is 15.3. The molecule has 1 atom stereocenters. The first-order valence-corrected chi connectivity index (χ1v) is 18.2. The number of carbonyl (C=O) groups is 1. The molecule has 45 heavy (non-hydrogen) atoms. The minimum atomic E-state index is -1.34. The van der Waals surface area contributed by atoms with Crippen LogP contribution in [0.2, 0.25) is 25.7 Å². The average Bonchev–Trinajstić information content (AvgIpc) is 3.31. The number of halogens is 3. The van der Waals surface area contributed by atoms with Gasteiger partial charge in [0.15, 0.2) is 17.4 Å². The van der Waals surface area contributed by atoms with Crippen molar-refractivity contribution >= 4 is 30.8 Å². The highest BCUT2D eigenvalue weighted by Gasteiger charge is 2.27. The van der Waals surface area contributed by atoms with Crippen molar-refractivity contribution in [2.24, 2.45) is 5.92 Å². The highest BCUT2D eigenvalue weighted by Crippen LogP contribution is 2.40. The van der Waals surface area contributed by atoms with E-state index in [0.717, 1.165) is 18.2 Å². The van der Waals surface area contributed by atoms with Gasteiger partial charge >= 0.3 is 6.03 Å². The molecule has 0 radical (unpaired) electrons. The fourth-order valence-corrected chi connectivity index (χ4v) is 5.53. The summed E-state index contributed by atoms with van der Waals surface area (Å²) in [6.07, 6.45) is 3.14. The minimum absolute atomic E-state index is 0.0633. The molecule has 1 fully saturated rings. The number of carbonyl (C=O) groups excluding carboxylic acids is 1. The molecule has 0 spiro atoms. The zero-order valence-corrected chi connectivity index (χ0v) is 26.4. The summed E-state index contributed by atoms with van der Waals surface area (Å²) >= 11 is 0. The first kappa shape index (κ1) is 32.0. The number of ether oxygens (including phenoxy) is 3. The summed E-state index contributed by atoms with van der Waals surface area (Å²) < 4.78 is 63.9. The van der Waals surface area contributed by atoms with Crippen LogP contribution in [-0.4, -0.2) is 49.5 Å². The number of nitrogens with one attached hydrogen (secondary N) is 2. The summed E-state index contributed by atoms with van der Waals surface area (Å²) in [5, 5.41) is 14.7. The number of fused-ring (bicyclic) bond motifs is 1. The zero-order valence-electron chi connectivity index (χ0n) is 25.4. The van der Waals surface area contributed by atoms with Gasteiger partial charge in [0.1, 0.15) is 30.0 Å². The maximum Gasteiger partial charge on any atom is 0.319 e. The van der Waals surface area contributed by atoms with Gasteiger partial charge in [-0.05, 0) is 36.7 Å². The van der Waals surface area contributed by atoms with E-state index in [-0.39, 0.29) is 35.7 Å². The minimum Gasteiger partial charge on any atom is -0.450 e. The third-order valence-corrected chi connectivity index (χ3v) is 9.25. The average molecular weight is 638 g/mol. The second-order valence-corrected chi connectivity index (χ2v) is 17.9. The number of urea groups is 1. The molecule has 9 nitrogen and oxygen atoms in total. The number of benzene rings is 2. The van der Waals surface area contributed by atoms with Gasteiger partial charge in [0.05, 0.1) is 24.2 Å². The van der Waals surface area contributed by atoms with E-state index >= 15 is 8.78 Å². The highest BCUT2D eigenvalue weighted by atomic mass is 28.3. The van der Waals surface area contributed by atoms with Crippen molar-refractivity contribution in [2.45, 2.75) is 45.4 Å². The Hall–Kier alpha value is -4.38. The van der Waals surface area contributed by atoms with Crippen molar-refractivity contribution in [1.82, 2.24) is 14.9 Å². The van der Waals surface area contributed by atoms with Crippen molar-refractivity contribution in [3.05, 3.63) is 71.8 Å². The first-order chi connectivity index (χ1) is 21.4. The fraction of sp³-hybridized carbons (Fsp3) is 0.344. The lowest BCUT2D eigenvalue weighted by Gasteiger charge is -2.31. The monoisotopic (exact) mass is 637 g/mol. The molecule has 0 aliphatic carbocycles. The van der Waals surface area contributed by atoms with E-state index in [9.17, 15) is 14.4 Å². The lowest BCUT2D eigenvalue weighted by Crippen LogP contribution is -2.47. The second kappa shape index (κ2) is 13.3. The number of anilines is 1. The van der Waals surface area contributed by atoms with Crippen molar-refractivity contribution in [1.29, 1.82) is 5.26 Å². The van der Waals surface area contributed by atoms with Gasteiger partial charge in [-0.15, -0.1) is 0 Å². The third kappa shape index (κ3) is 7.47. The van der Waals surface area contributed by atoms with Gasteiger partial charge in [-0.25, -0.2) is 22.9 Å². The van der Waals surface area contributed by atoms with Gasteiger partial charge in [-0.3, -0.25) is 0 Å². The molecule has 1 aliphatic rings. The van der Waals surface area contributed by atoms with E-state index in [1.165, 1.54) is 24.4 Å². The summed E-state index contributed by atoms with van der Waals surface area (Å²) in [5.74, 6) is -3.26. The molecule has 13 heteroatoms. The number of hydrogen-bond acceptors (Lipinski definition) is 6. The smallest absolute Gasteiger partial charge is 0.319 e. The molecular weight excluding hydrogens is 603 g/mol. The van der Waals surface area contributed by atoms with Crippen LogP contribution in [0.5, 0.6) is 11.5 Å². The predicted molar refractivity (Wildman–Crippen MR) is 166 cm³/mol. The van der Waals surface area contributed by atoms with Gasteiger partial charge < -0.3 is 29.4 Å². The number of nitrogens with zero attached hydrogens (tertiary/aromatic N) is 3. The van der Waals surface area contributed by atoms with E-state index in [2.05, 4.69) is 35.3 Å². The van der Waals surface area contributed by atoms with Gasteiger partial charge in [-0.2, -0.15) is 5.26 Å². The van der Waals surface area contributed by atoms with E-state index in [1.807, 2.05) is 6.92 Å². The lowest BCUT2D eigenvalue weighted by molar-refractivity contribution is -0.0444. The zero-order chi connectivity index (χ0) is 32.3. The third-order valence-electron chi connectivity index (χ3n) is 7.54. The first-order valence-electron chi connectivity index (χ1n) is 14.5. The topological polar surface area (TPSA) is 110 Å². The molecule has 1 unspecified atom stereocenters. The quantitative estimate of drug-likeness (QED) is 0.132. The second-order valence-electron chi connectivity index (χ2n) is 12.2. The normalized spacial score (nSPS) is 14.1. The molecule has 4 aromatic rings. The molecular formula is C32H34F3N5O4Si. The number of pyridine rings is 1. The Bertz CT molecular complexity index is 1740. The Morgan fingerprint density at radius 2 is 1.89 bits per heavy atom. The van der Waals surface area contributed by atoms with Crippen molar-refractivity contribution in [3.8, 4) is 28.7 Å². The summed E-state index contributed by atoms with van der Waals surface area (Å²) in [5.41, 5.74) is 1.05. The number of rotatable bonds is 11. The molecule has 3 heterocycles. The van der Waals surface area contributed by atoms with Crippen LogP contribution in [0.4, 0.5) is 23.7 Å². The Labute approximate surface area is 259 Å². The molecule has 2 amide bonds. The predicted octanol–water partition coefficient (Wildman–Crippen LogP) is 7.25. The van der Waals surface area contributed by atoms with Crippen LogP contribution >= 0.6 is 0 Å². The molecule has 2 N–H and O–H groups in total. The van der Waals surface area contributed by atoms with Crippen LogP contribution in [0.15, 0.2) is 48.8 Å². The molecule has 0 bridgehead atoms. The lowest BCUT2D eigenvalue weighted by atomic mass is 10.0. The van der Waals surface area contributed by atoms with E-state index < -0.39 is 37.3 Å². The van der Waals surface area contributed by atoms with Crippen molar-refractivity contribution in [2.75, 3.05) is 25.1 Å². The maximum absolute atomic E-state index is 15.3. The Morgan fingerprint density at radius 1 is 1.16 bits per heavy atom. The molecule has 5 rings (SSSR count). The Kier molecular flexibility index (Phi) is 9.47. The van der Waals surface area contributed by atoms with Crippen molar-refractivity contribution in [3.63, 3.8) is 0 Å². The van der Waals surface area contributed by atoms with Crippen LogP contribution < -0.4 is 15.4 Å². The molecule has 236 valence electrons. The number of amides is 2. The van der Waals surface area contributed by atoms with Gasteiger partial charge in [0.2, 0.25) is 0 Å². The summed E-state index contributed by atoms with van der Waals surface area (Å²) in [7, 11) is -1.34. The van der Waals surface area contributed by atoms with Crippen LogP contribution in [0.3, 0.4) is 0 Å². The number of aromatic nitrogens is 2. The molecule has 2 aromatic carbocycles. The van der Waals surface area contributed by atoms with Gasteiger partial charge in [0, 0.05) is 62.4 Å². The van der Waals surface area contributed by atoms with Crippen LogP contribution in [0, 0.1) is 34.7 Å². The van der Waals surface area contributed by atoms with E-state index in [1.54, 1.807) is 22.9 Å². The highest BCUT2D eigenvalue weighted by molar-refractivity contribution is 6.76. The summed E-state index contributed by atoms with van der Waals surface area (Å²) in [4.78, 5) is 16.9.